The van der Waals surface area contributed by atoms with Crippen LogP contribution in [-0.2, 0) is 10.0 Å². The molecule has 0 spiro atoms. The molecule has 5 nitrogen and oxygen atoms in total. The number of fused-ring (bicyclic) bond motifs is 1. The van der Waals surface area contributed by atoms with E-state index in [0.29, 0.717) is 11.3 Å². The van der Waals surface area contributed by atoms with Crippen molar-refractivity contribution >= 4 is 44.6 Å². The topological polar surface area (TPSA) is 63.5 Å². The highest BCUT2D eigenvalue weighted by Gasteiger charge is 2.19. The Hall–Kier alpha value is -1.76. The first-order valence-corrected chi connectivity index (χ1v) is 8.11. The maximum Gasteiger partial charge on any atom is 0.263 e. The third-order valence-electron chi connectivity index (χ3n) is 2.86. The maximum absolute atomic E-state index is 12.4. The summed E-state index contributed by atoms with van der Waals surface area (Å²) in [6.07, 6.45) is 5.10. The molecule has 0 saturated carbocycles. The Labute approximate surface area is 131 Å². The molecule has 1 N–H and O–H groups in total. The molecule has 2 heterocycles. The summed E-state index contributed by atoms with van der Waals surface area (Å²) >= 11 is 11.8. The van der Waals surface area contributed by atoms with E-state index in [4.69, 9.17) is 23.2 Å². The van der Waals surface area contributed by atoms with Gasteiger partial charge in [0.2, 0.25) is 0 Å². The smallest absolute Gasteiger partial charge is 0.263 e. The van der Waals surface area contributed by atoms with Crippen LogP contribution >= 0.6 is 23.2 Å². The minimum Gasteiger partial charge on any atom is -0.307 e. The van der Waals surface area contributed by atoms with Gasteiger partial charge >= 0.3 is 0 Å². The molecule has 3 rings (SSSR count). The molecule has 0 atom stereocenters. The summed E-state index contributed by atoms with van der Waals surface area (Å²) < 4.78 is 29.0. The van der Waals surface area contributed by atoms with Crippen molar-refractivity contribution in [1.82, 2.24) is 9.38 Å². The second-order valence-electron chi connectivity index (χ2n) is 4.27. The molecule has 0 radical (unpaired) electrons. The van der Waals surface area contributed by atoms with E-state index in [1.54, 1.807) is 35.1 Å². The molecule has 0 unspecified atom stereocenters. The second kappa shape index (κ2) is 5.22. The Bertz CT molecular complexity index is 922. The fourth-order valence-electron chi connectivity index (χ4n) is 1.88. The number of imidazole rings is 1. The number of benzene rings is 1. The van der Waals surface area contributed by atoms with Crippen molar-refractivity contribution in [2.75, 3.05) is 4.72 Å². The van der Waals surface area contributed by atoms with Gasteiger partial charge in [-0.1, -0.05) is 29.3 Å². The molecule has 0 aliphatic carbocycles. The van der Waals surface area contributed by atoms with Gasteiger partial charge in [0.1, 0.15) is 10.5 Å². The summed E-state index contributed by atoms with van der Waals surface area (Å²) in [4.78, 5) is 4.03. The molecule has 0 amide bonds. The van der Waals surface area contributed by atoms with Gasteiger partial charge in [0.05, 0.1) is 15.7 Å². The number of hydrogen-bond donors (Lipinski definition) is 1. The fraction of sp³-hybridized carbons (Fsp3) is 0. The second-order valence-corrected chi connectivity index (χ2v) is 6.70. The van der Waals surface area contributed by atoms with Crippen molar-refractivity contribution in [3.63, 3.8) is 0 Å². The van der Waals surface area contributed by atoms with Crippen LogP contribution in [0.2, 0.25) is 10.0 Å². The largest absolute Gasteiger partial charge is 0.307 e. The molecular formula is C13H9Cl2N3O2S. The Morgan fingerprint density at radius 3 is 2.76 bits per heavy atom. The molecule has 3 aromatic rings. The van der Waals surface area contributed by atoms with Crippen molar-refractivity contribution in [3.8, 4) is 0 Å². The number of nitrogens with zero attached hydrogens (tertiary/aromatic N) is 2. The number of nitrogens with one attached hydrogen (secondary N) is 1. The molecule has 1 aromatic carbocycles. The van der Waals surface area contributed by atoms with E-state index in [9.17, 15) is 8.42 Å². The van der Waals surface area contributed by atoms with Crippen molar-refractivity contribution < 1.29 is 8.42 Å². The van der Waals surface area contributed by atoms with Crippen molar-refractivity contribution in [2.45, 2.75) is 4.90 Å². The van der Waals surface area contributed by atoms with Crippen LogP contribution in [0.25, 0.3) is 5.65 Å². The monoisotopic (exact) mass is 341 g/mol. The lowest BCUT2D eigenvalue weighted by atomic mass is 10.4. The first-order chi connectivity index (χ1) is 9.97. The normalized spacial score (nSPS) is 11.7. The lowest BCUT2D eigenvalue weighted by Crippen LogP contribution is -2.13. The van der Waals surface area contributed by atoms with E-state index in [1.165, 1.54) is 18.2 Å². The summed E-state index contributed by atoms with van der Waals surface area (Å²) in [5.41, 5.74) is 1.03. The summed E-state index contributed by atoms with van der Waals surface area (Å²) in [5, 5.41) is 0.178. The zero-order chi connectivity index (χ0) is 15.0. The Morgan fingerprint density at radius 2 is 1.95 bits per heavy atom. The molecular weight excluding hydrogens is 333 g/mol. The number of aromatic nitrogens is 2. The van der Waals surface area contributed by atoms with Crippen LogP contribution in [0.3, 0.4) is 0 Å². The van der Waals surface area contributed by atoms with Crippen LogP contribution in [0, 0.1) is 0 Å². The molecule has 8 heteroatoms. The minimum absolute atomic E-state index is 0.00597. The van der Waals surface area contributed by atoms with E-state index in [0.717, 1.165) is 0 Å². The van der Waals surface area contributed by atoms with E-state index < -0.39 is 10.0 Å². The average Bonchev–Trinajstić information content (AvgIpc) is 2.88. The molecule has 0 saturated heterocycles. The van der Waals surface area contributed by atoms with Gasteiger partial charge in [-0.15, -0.1) is 0 Å². The number of hydrogen-bond acceptors (Lipinski definition) is 3. The predicted molar refractivity (Wildman–Crippen MR) is 82.5 cm³/mol. The number of halogens is 2. The van der Waals surface area contributed by atoms with Crippen molar-refractivity contribution in [1.29, 1.82) is 0 Å². The van der Waals surface area contributed by atoms with E-state index in [-0.39, 0.29) is 14.9 Å². The molecule has 0 bridgehead atoms. The van der Waals surface area contributed by atoms with Gasteiger partial charge in [-0.3, -0.25) is 4.72 Å². The quantitative estimate of drug-likeness (QED) is 0.793. The van der Waals surface area contributed by atoms with Gasteiger partial charge in [0.25, 0.3) is 10.0 Å². The molecule has 0 aliphatic rings. The molecule has 0 fully saturated rings. The highest BCUT2D eigenvalue weighted by molar-refractivity contribution is 7.92. The van der Waals surface area contributed by atoms with Gasteiger partial charge in [-0.2, -0.15) is 0 Å². The van der Waals surface area contributed by atoms with Gasteiger partial charge in [0.15, 0.2) is 0 Å². The summed E-state index contributed by atoms with van der Waals surface area (Å²) in [7, 11) is -3.82. The van der Waals surface area contributed by atoms with Gasteiger partial charge < -0.3 is 4.40 Å². The summed E-state index contributed by atoms with van der Waals surface area (Å²) in [5.74, 6) is 0. The van der Waals surface area contributed by atoms with Crippen LogP contribution in [0.1, 0.15) is 0 Å². The summed E-state index contributed by atoms with van der Waals surface area (Å²) in [6, 6.07) is 7.70. The number of pyridine rings is 1. The Kier molecular flexibility index (Phi) is 3.52. The van der Waals surface area contributed by atoms with Gasteiger partial charge in [0, 0.05) is 24.7 Å². The van der Waals surface area contributed by atoms with Crippen LogP contribution in [-0.4, -0.2) is 17.8 Å². The van der Waals surface area contributed by atoms with Gasteiger partial charge in [-0.25, -0.2) is 13.4 Å². The Morgan fingerprint density at radius 1 is 1.14 bits per heavy atom. The standard InChI is InChI=1S/C13H9Cl2N3O2S/c14-10-2-1-3-11(13(10)15)21(19,20)17-9-4-6-18-7-5-16-12(18)8-9/h1-8,17H. The lowest BCUT2D eigenvalue weighted by Gasteiger charge is -2.10. The van der Waals surface area contributed by atoms with Crippen LogP contribution in [0.5, 0.6) is 0 Å². The minimum atomic E-state index is -3.82. The fourth-order valence-corrected chi connectivity index (χ4v) is 3.69. The number of sulfonamides is 1. The van der Waals surface area contributed by atoms with Crippen LogP contribution in [0.15, 0.2) is 53.8 Å². The molecule has 21 heavy (non-hydrogen) atoms. The van der Waals surface area contributed by atoms with Gasteiger partial charge in [-0.05, 0) is 18.2 Å². The average molecular weight is 342 g/mol. The molecule has 108 valence electrons. The number of rotatable bonds is 3. The lowest BCUT2D eigenvalue weighted by molar-refractivity contribution is 0.601. The first-order valence-electron chi connectivity index (χ1n) is 5.87. The Balaban J connectivity index is 2.00. The molecule has 2 aromatic heterocycles. The van der Waals surface area contributed by atoms with Crippen molar-refractivity contribution in [2.24, 2.45) is 0 Å². The van der Waals surface area contributed by atoms with E-state index in [1.807, 2.05) is 0 Å². The third-order valence-corrected chi connectivity index (χ3v) is 5.21. The van der Waals surface area contributed by atoms with Crippen molar-refractivity contribution in [3.05, 3.63) is 59.0 Å². The van der Waals surface area contributed by atoms with E-state index >= 15 is 0 Å². The zero-order valence-electron chi connectivity index (χ0n) is 10.5. The highest BCUT2D eigenvalue weighted by atomic mass is 35.5. The van der Waals surface area contributed by atoms with E-state index in [2.05, 4.69) is 9.71 Å². The predicted octanol–water partition coefficient (Wildman–Crippen LogP) is 3.44. The number of anilines is 1. The maximum atomic E-state index is 12.4. The zero-order valence-corrected chi connectivity index (χ0v) is 12.8. The van der Waals surface area contributed by atoms with Crippen LogP contribution in [0.4, 0.5) is 5.69 Å². The van der Waals surface area contributed by atoms with Crippen LogP contribution < -0.4 is 4.72 Å². The SMILES string of the molecule is O=S(=O)(Nc1ccn2ccnc2c1)c1cccc(Cl)c1Cl. The third kappa shape index (κ3) is 2.70. The first kappa shape index (κ1) is 14.2. The summed E-state index contributed by atoms with van der Waals surface area (Å²) in [6.45, 7) is 0. The molecule has 0 aliphatic heterocycles. The highest BCUT2D eigenvalue weighted by Crippen LogP contribution is 2.30.